The molecule has 0 bridgehead atoms. The molecule has 3 fully saturated rings. The largest absolute Gasteiger partial charge is 0.369 e. The van der Waals surface area contributed by atoms with Crippen LogP contribution < -0.4 is 4.90 Å². The Bertz CT molecular complexity index is 721. The van der Waals surface area contributed by atoms with Crippen LogP contribution in [0.5, 0.6) is 0 Å². The molecular weight excluding hydrogens is 367 g/mol. The molecule has 0 aliphatic carbocycles. The van der Waals surface area contributed by atoms with E-state index in [1.807, 2.05) is 12.1 Å². The monoisotopic (exact) mass is 396 g/mol. The van der Waals surface area contributed by atoms with Gasteiger partial charge in [0.2, 0.25) is 0 Å². The van der Waals surface area contributed by atoms with Crippen molar-refractivity contribution in [3.8, 4) is 0 Å². The highest BCUT2D eigenvalue weighted by molar-refractivity contribution is 7.86. The van der Waals surface area contributed by atoms with Crippen LogP contribution in [0.2, 0.25) is 0 Å². The van der Waals surface area contributed by atoms with Crippen molar-refractivity contribution in [3.05, 3.63) is 30.1 Å². The van der Waals surface area contributed by atoms with Crippen molar-refractivity contribution >= 4 is 15.9 Å². The molecule has 0 spiro atoms. The van der Waals surface area contributed by atoms with Gasteiger partial charge < -0.3 is 4.90 Å². The van der Waals surface area contributed by atoms with E-state index in [-0.39, 0.29) is 5.82 Å². The first kappa shape index (κ1) is 19.1. The molecule has 0 amide bonds. The molecular formula is C19H29FN4O2S. The van der Waals surface area contributed by atoms with Crippen LogP contribution in [-0.4, -0.2) is 80.3 Å². The fraction of sp³-hybridized carbons (Fsp3) is 0.684. The average molecular weight is 397 g/mol. The number of rotatable bonds is 4. The molecule has 1 aromatic rings. The minimum atomic E-state index is -3.28. The Kier molecular flexibility index (Phi) is 5.68. The molecule has 8 heteroatoms. The summed E-state index contributed by atoms with van der Waals surface area (Å²) in [6.45, 7) is 6.16. The maximum atomic E-state index is 13.1. The maximum absolute atomic E-state index is 13.1. The first-order valence-electron chi connectivity index (χ1n) is 10.0. The Balaban J connectivity index is 1.27. The number of hydrogen-bond acceptors (Lipinski definition) is 4. The summed E-state index contributed by atoms with van der Waals surface area (Å²) in [4.78, 5) is 4.66. The van der Waals surface area contributed by atoms with Crippen molar-refractivity contribution in [2.45, 2.75) is 31.7 Å². The van der Waals surface area contributed by atoms with Crippen molar-refractivity contribution in [1.82, 2.24) is 13.5 Å². The summed E-state index contributed by atoms with van der Waals surface area (Å²) in [7, 11) is -3.28. The number of halogens is 1. The highest BCUT2D eigenvalue weighted by atomic mass is 32.2. The number of anilines is 1. The molecule has 3 aliphatic heterocycles. The molecule has 3 aliphatic rings. The highest BCUT2D eigenvalue weighted by Crippen LogP contribution is 2.25. The fourth-order valence-electron chi connectivity index (χ4n) is 4.27. The van der Waals surface area contributed by atoms with E-state index in [9.17, 15) is 12.8 Å². The van der Waals surface area contributed by atoms with Crippen LogP contribution >= 0.6 is 0 Å². The Morgan fingerprint density at radius 3 is 1.96 bits per heavy atom. The summed E-state index contributed by atoms with van der Waals surface area (Å²) in [5.74, 6) is -0.211. The zero-order chi connectivity index (χ0) is 18.9. The van der Waals surface area contributed by atoms with Gasteiger partial charge in [-0.2, -0.15) is 17.0 Å². The Labute approximate surface area is 161 Å². The van der Waals surface area contributed by atoms with E-state index in [0.29, 0.717) is 32.2 Å². The molecule has 27 heavy (non-hydrogen) atoms. The topological polar surface area (TPSA) is 47.1 Å². The Morgan fingerprint density at radius 1 is 0.778 bits per heavy atom. The first-order valence-corrected chi connectivity index (χ1v) is 11.4. The van der Waals surface area contributed by atoms with E-state index in [1.54, 1.807) is 8.61 Å². The molecule has 3 heterocycles. The Hall–Kier alpha value is -1.22. The van der Waals surface area contributed by atoms with Gasteiger partial charge in [-0.15, -0.1) is 0 Å². The lowest BCUT2D eigenvalue weighted by atomic mass is 10.1. The van der Waals surface area contributed by atoms with Crippen molar-refractivity contribution in [1.29, 1.82) is 0 Å². The summed E-state index contributed by atoms with van der Waals surface area (Å²) in [5, 5.41) is 0. The third kappa shape index (κ3) is 4.13. The lowest BCUT2D eigenvalue weighted by molar-refractivity contribution is 0.0784. The van der Waals surface area contributed by atoms with Gasteiger partial charge in [0.25, 0.3) is 10.2 Å². The molecule has 0 N–H and O–H groups in total. The molecule has 0 aromatic heterocycles. The minimum Gasteiger partial charge on any atom is -0.369 e. The molecule has 3 saturated heterocycles. The number of piperazine rings is 1. The minimum absolute atomic E-state index is 0.211. The second kappa shape index (κ2) is 8.03. The Morgan fingerprint density at radius 2 is 1.37 bits per heavy atom. The quantitative estimate of drug-likeness (QED) is 0.778. The zero-order valence-corrected chi connectivity index (χ0v) is 16.6. The second-order valence-electron chi connectivity index (χ2n) is 7.79. The standard InChI is InChI=1S/C19H29FN4O2S/c20-17-5-7-18(8-6-17)21-11-13-22(14-12-21)19-15-24(16-19)27(25,26)23-9-3-1-2-4-10-23/h5-8,19H,1-4,9-16H2. The summed E-state index contributed by atoms with van der Waals surface area (Å²) < 4.78 is 42.0. The molecule has 0 atom stereocenters. The summed E-state index contributed by atoms with van der Waals surface area (Å²) >= 11 is 0. The van der Waals surface area contributed by atoms with Gasteiger partial charge in [-0.05, 0) is 37.1 Å². The van der Waals surface area contributed by atoms with Crippen molar-refractivity contribution in [2.75, 3.05) is 57.3 Å². The van der Waals surface area contributed by atoms with Crippen LogP contribution in [0.1, 0.15) is 25.7 Å². The summed E-state index contributed by atoms with van der Waals surface area (Å²) in [6, 6.07) is 6.97. The van der Waals surface area contributed by atoms with Gasteiger partial charge in [-0.3, -0.25) is 4.90 Å². The molecule has 1 aromatic carbocycles. The molecule has 6 nitrogen and oxygen atoms in total. The second-order valence-corrected chi connectivity index (χ2v) is 9.72. The first-order chi connectivity index (χ1) is 13.0. The van der Waals surface area contributed by atoms with Crippen molar-refractivity contribution in [2.24, 2.45) is 0 Å². The van der Waals surface area contributed by atoms with E-state index < -0.39 is 10.2 Å². The van der Waals surface area contributed by atoms with Gasteiger partial charge in [0, 0.05) is 64.1 Å². The van der Waals surface area contributed by atoms with Gasteiger partial charge in [-0.25, -0.2) is 4.39 Å². The van der Waals surface area contributed by atoms with Crippen LogP contribution in [-0.2, 0) is 10.2 Å². The zero-order valence-electron chi connectivity index (χ0n) is 15.8. The van der Waals surface area contributed by atoms with E-state index in [2.05, 4.69) is 9.80 Å². The van der Waals surface area contributed by atoms with E-state index in [1.165, 1.54) is 12.1 Å². The molecule has 0 radical (unpaired) electrons. The van der Waals surface area contributed by atoms with Crippen LogP contribution in [0.3, 0.4) is 0 Å². The normalized spacial score (nSPS) is 24.6. The van der Waals surface area contributed by atoms with Crippen LogP contribution in [0.4, 0.5) is 10.1 Å². The van der Waals surface area contributed by atoms with Gasteiger partial charge in [0.05, 0.1) is 0 Å². The van der Waals surface area contributed by atoms with Crippen LogP contribution in [0.15, 0.2) is 24.3 Å². The smallest absolute Gasteiger partial charge is 0.282 e. The molecule has 150 valence electrons. The van der Waals surface area contributed by atoms with Crippen molar-refractivity contribution in [3.63, 3.8) is 0 Å². The van der Waals surface area contributed by atoms with Crippen molar-refractivity contribution < 1.29 is 12.8 Å². The highest BCUT2D eigenvalue weighted by Gasteiger charge is 2.42. The number of benzene rings is 1. The fourth-order valence-corrected chi connectivity index (χ4v) is 6.04. The lowest BCUT2D eigenvalue weighted by Crippen LogP contribution is -2.65. The molecule has 4 rings (SSSR count). The summed E-state index contributed by atoms with van der Waals surface area (Å²) in [5.41, 5.74) is 1.05. The summed E-state index contributed by atoms with van der Waals surface area (Å²) in [6.07, 6.45) is 4.21. The third-order valence-corrected chi connectivity index (χ3v) is 8.04. The lowest BCUT2D eigenvalue weighted by Gasteiger charge is -2.48. The maximum Gasteiger partial charge on any atom is 0.282 e. The average Bonchev–Trinajstić information content (AvgIpc) is 2.92. The predicted octanol–water partition coefficient (Wildman–Crippen LogP) is 1.75. The van der Waals surface area contributed by atoms with Gasteiger partial charge in [0.1, 0.15) is 5.82 Å². The predicted molar refractivity (Wildman–Crippen MR) is 105 cm³/mol. The van der Waals surface area contributed by atoms with E-state index >= 15 is 0 Å². The van der Waals surface area contributed by atoms with Gasteiger partial charge >= 0.3 is 0 Å². The number of hydrogen-bond donors (Lipinski definition) is 0. The molecule has 0 unspecified atom stereocenters. The van der Waals surface area contributed by atoms with Crippen LogP contribution in [0, 0.1) is 5.82 Å². The van der Waals surface area contributed by atoms with E-state index in [4.69, 9.17) is 0 Å². The molecule has 0 saturated carbocycles. The van der Waals surface area contributed by atoms with Crippen LogP contribution in [0.25, 0.3) is 0 Å². The SMILES string of the molecule is O=S(=O)(N1CCCCCC1)N1CC(N2CCN(c3ccc(F)cc3)CC2)C1. The van der Waals surface area contributed by atoms with Gasteiger partial charge in [-0.1, -0.05) is 12.8 Å². The third-order valence-electron chi connectivity index (χ3n) is 6.07. The number of nitrogens with zero attached hydrogens (tertiary/aromatic N) is 4. The van der Waals surface area contributed by atoms with E-state index in [0.717, 1.165) is 57.5 Å². The van der Waals surface area contributed by atoms with Gasteiger partial charge in [0.15, 0.2) is 0 Å².